The van der Waals surface area contributed by atoms with Crippen molar-refractivity contribution in [3.05, 3.63) is 50.9 Å². The van der Waals surface area contributed by atoms with Crippen molar-refractivity contribution in [2.75, 3.05) is 0 Å². The highest BCUT2D eigenvalue weighted by Gasteiger charge is 2.22. The number of fused-ring (bicyclic) bond motifs is 1. The molecule has 0 unspecified atom stereocenters. The Kier molecular flexibility index (Phi) is 4.58. The molecule has 0 saturated carbocycles. The van der Waals surface area contributed by atoms with Crippen LogP contribution in [0.3, 0.4) is 0 Å². The van der Waals surface area contributed by atoms with E-state index in [1.54, 1.807) is 10.7 Å². The number of rotatable bonds is 4. The van der Waals surface area contributed by atoms with Crippen LogP contribution < -0.4 is 0 Å². The maximum Gasteiger partial charge on any atom is 0.336 e. The summed E-state index contributed by atoms with van der Waals surface area (Å²) >= 11 is 2.25. The average molecular weight is 435 g/mol. The first-order valence-electron chi connectivity index (χ1n) is 7.84. The van der Waals surface area contributed by atoms with Crippen molar-refractivity contribution < 1.29 is 9.90 Å². The molecule has 0 radical (unpaired) electrons. The van der Waals surface area contributed by atoms with Gasteiger partial charge < -0.3 is 5.11 Å². The Balaban J connectivity index is 2.40. The summed E-state index contributed by atoms with van der Waals surface area (Å²) in [5.74, 6) is -0.842. The minimum absolute atomic E-state index is 0.102. The number of aromatic carboxylic acids is 1. The number of carbonyl (C=O) groups is 1. The van der Waals surface area contributed by atoms with Gasteiger partial charge in [0.1, 0.15) is 0 Å². The lowest BCUT2D eigenvalue weighted by Gasteiger charge is -2.06. The van der Waals surface area contributed by atoms with Gasteiger partial charge in [-0.3, -0.25) is 0 Å². The first-order chi connectivity index (χ1) is 11.4. The summed E-state index contributed by atoms with van der Waals surface area (Å²) in [5.41, 5.74) is 3.27. The van der Waals surface area contributed by atoms with Gasteiger partial charge in [-0.05, 0) is 65.3 Å². The van der Waals surface area contributed by atoms with Crippen LogP contribution in [0.25, 0.3) is 16.7 Å². The lowest BCUT2D eigenvalue weighted by atomic mass is 10.0. The minimum Gasteiger partial charge on any atom is -0.478 e. The van der Waals surface area contributed by atoms with E-state index in [4.69, 9.17) is 5.10 Å². The molecule has 124 valence electrons. The fourth-order valence-corrected chi connectivity index (χ4v) is 3.07. The van der Waals surface area contributed by atoms with Gasteiger partial charge in [-0.25, -0.2) is 14.5 Å². The molecule has 0 aliphatic carbocycles. The third-order valence-electron chi connectivity index (χ3n) is 3.93. The zero-order valence-electron chi connectivity index (χ0n) is 13.7. The Morgan fingerprint density at radius 3 is 2.50 bits per heavy atom. The predicted octanol–water partition coefficient (Wildman–Crippen LogP) is 4.41. The van der Waals surface area contributed by atoms with Crippen molar-refractivity contribution in [2.45, 2.75) is 33.1 Å². The van der Waals surface area contributed by atoms with E-state index in [0.29, 0.717) is 17.5 Å². The molecular formula is C18H18IN3O2. The van der Waals surface area contributed by atoms with Crippen LogP contribution in [0.5, 0.6) is 0 Å². The van der Waals surface area contributed by atoms with Crippen LogP contribution in [-0.4, -0.2) is 25.8 Å². The highest BCUT2D eigenvalue weighted by Crippen LogP contribution is 2.30. The Morgan fingerprint density at radius 1 is 1.29 bits per heavy atom. The van der Waals surface area contributed by atoms with Gasteiger partial charge in [-0.2, -0.15) is 5.10 Å². The number of halogens is 1. The molecular weight excluding hydrogens is 417 g/mol. The van der Waals surface area contributed by atoms with Gasteiger partial charge in [0.2, 0.25) is 0 Å². The Bertz CT molecular complexity index is 914. The monoisotopic (exact) mass is 435 g/mol. The Labute approximate surface area is 153 Å². The fraction of sp³-hybridized carbons (Fsp3) is 0.278. The van der Waals surface area contributed by atoms with Gasteiger partial charge in [0.15, 0.2) is 5.65 Å². The molecule has 1 aromatic carbocycles. The molecule has 24 heavy (non-hydrogen) atoms. The number of hydrogen-bond donors (Lipinski definition) is 1. The number of aromatic nitrogens is 3. The summed E-state index contributed by atoms with van der Waals surface area (Å²) in [6, 6.07) is 9.61. The third kappa shape index (κ3) is 2.90. The molecule has 0 bridgehead atoms. The van der Waals surface area contributed by atoms with Gasteiger partial charge in [0.25, 0.3) is 0 Å². The summed E-state index contributed by atoms with van der Waals surface area (Å²) in [4.78, 5) is 16.5. The second kappa shape index (κ2) is 6.51. The van der Waals surface area contributed by atoms with Crippen molar-refractivity contribution in [2.24, 2.45) is 0 Å². The van der Waals surface area contributed by atoms with Crippen LogP contribution in [-0.2, 0) is 6.42 Å². The first kappa shape index (κ1) is 16.9. The predicted molar refractivity (Wildman–Crippen MR) is 102 cm³/mol. The van der Waals surface area contributed by atoms with Gasteiger partial charge in [0.05, 0.1) is 22.3 Å². The number of carboxylic acids is 1. The molecule has 0 aliphatic rings. The molecule has 3 rings (SSSR count). The number of benzene rings is 1. The first-order valence-corrected chi connectivity index (χ1v) is 8.92. The SMILES string of the molecule is CCc1cc(C(=O)O)c2c(C(C)C)nn(-c3ccc(I)cc3)c2n1. The van der Waals surface area contributed by atoms with Crippen LogP contribution in [0, 0.1) is 3.57 Å². The number of hydrogen-bond acceptors (Lipinski definition) is 3. The van der Waals surface area contributed by atoms with Crippen LogP contribution >= 0.6 is 22.6 Å². The number of pyridine rings is 1. The van der Waals surface area contributed by atoms with Gasteiger partial charge in [0, 0.05) is 9.26 Å². The van der Waals surface area contributed by atoms with Crippen molar-refractivity contribution in [3.8, 4) is 5.69 Å². The van der Waals surface area contributed by atoms with E-state index in [2.05, 4.69) is 27.6 Å². The van der Waals surface area contributed by atoms with Crippen LogP contribution in [0.1, 0.15) is 48.4 Å². The van der Waals surface area contributed by atoms with E-state index in [1.807, 2.05) is 45.0 Å². The maximum absolute atomic E-state index is 11.8. The van der Waals surface area contributed by atoms with Crippen LogP contribution in [0.15, 0.2) is 30.3 Å². The van der Waals surface area contributed by atoms with Crippen molar-refractivity contribution in [1.29, 1.82) is 0 Å². The molecule has 0 amide bonds. The van der Waals surface area contributed by atoms with Gasteiger partial charge in [-0.15, -0.1) is 0 Å². The van der Waals surface area contributed by atoms with E-state index >= 15 is 0 Å². The molecule has 6 heteroatoms. The maximum atomic E-state index is 11.8. The average Bonchev–Trinajstić information content (AvgIpc) is 2.94. The summed E-state index contributed by atoms with van der Waals surface area (Å²) in [5, 5.41) is 15.0. The molecule has 0 aliphatic heterocycles. The minimum atomic E-state index is -0.943. The lowest BCUT2D eigenvalue weighted by molar-refractivity contribution is 0.0698. The van der Waals surface area contributed by atoms with Crippen LogP contribution in [0.4, 0.5) is 0 Å². The van der Waals surface area contributed by atoms with E-state index in [1.165, 1.54) is 0 Å². The molecule has 2 heterocycles. The standard InChI is InChI=1S/C18H18IN3O2/c1-4-12-9-14(18(23)24)15-16(10(2)3)21-22(17(15)20-12)13-7-5-11(19)6-8-13/h5-10H,4H2,1-3H3,(H,23,24). The second-order valence-electron chi connectivity index (χ2n) is 5.95. The number of aryl methyl sites for hydroxylation is 1. The third-order valence-corrected chi connectivity index (χ3v) is 4.65. The van der Waals surface area contributed by atoms with Gasteiger partial charge in [-0.1, -0.05) is 20.8 Å². The topological polar surface area (TPSA) is 68.0 Å². The molecule has 0 fully saturated rings. The second-order valence-corrected chi connectivity index (χ2v) is 7.19. The van der Waals surface area contributed by atoms with E-state index in [9.17, 15) is 9.90 Å². The molecule has 2 aromatic heterocycles. The largest absolute Gasteiger partial charge is 0.478 e. The van der Waals surface area contributed by atoms with Gasteiger partial charge >= 0.3 is 5.97 Å². The zero-order valence-corrected chi connectivity index (χ0v) is 15.9. The van der Waals surface area contributed by atoms with Crippen molar-refractivity contribution in [1.82, 2.24) is 14.8 Å². The summed E-state index contributed by atoms with van der Waals surface area (Å²) in [6.45, 7) is 5.99. The normalized spacial score (nSPS) is 11.4. The van der Waals surface area contributed by atoms with E-state index in [-0.39, 0.29) is 11.5 Å². The molecule has 5 nitrogen and oxygen atoms in total. The van der Waals surface area contributed by atoms with Crippen molar-refractivity contribution in [3.63, 3.8) is 0 Å². The number of carboxylic acid groups (broad SMARTS) is 1. The summed E-state index contributed by atoms with van der Waals surface area (Å²) in [7, 11) is 0. The van der Waals surface area contributed by atoms with E-state index < -0.39 is 5.97 Å². The summed E-state index contributed by atoms with van der Waals surface area (Å²) < 4.78 is 2.89. The lowest BCUT2D eigenvalue weighted by Crippen LogP contribution is -2.03. The highest BCUT2D eigenvalue weighted by molar-refractivity contribution is 14.1. The van der Waals surface area contributed by atoms with Crippen LogP contribution in [0.2, 0.25) is 0 Å². The zero-order chi connectivity index (χ0) is 17.4. The smallest absolute Gasteiger partial charge is 0.336 e. The number of nitrogens with zero attached hydrogens (tertiary/aromatic N) is 3. The molecule has 0 saturated heterocycles. The fourth-order valence-electron chi connectivity index (χ4n) is 2.71. The van der Waals surface area contributed by atoms with E-state index in [0.717, 1.165) is 20.6 Å². The Hall–Kier alpha value is -1.96. The molecule has 0 spiro atoms. The summed E-state index contributed by atoms with van der Waals surface area (Å²) in [6.07, 6.45) is 0.672. The quantitative estimate of drug-likeness (QED) is 0.617. The molecule has 3 aromatic rings. The highest BCUT2D eigenvalue weighted by atomic mass is 127. The van der Waals surface area contributed by atoms with Crippen molar-refractivity contribution >= 4 is 39.6 Å². The molecule has 1 N–H and O–H groups in total. The Morgan fingerprint density at radius 2 is 1.96 bits per heavy atom. The molecule has 0 atom stereocenters.